The van der Waals surface area contributed by atoms with Crippen molar-refractivity contribution in [2.45, 2.75) is 11.0 Å². The van der Waals surface area contributed by atoms with E-state index in [2.05, 4.69) is 0 Å². The van der Waals surface area contributed by atoms with Crippen molar-refractivity contribution in [1.82, 2.24) is 3.29 Å². The molecule has 0 radical (unpaired) electrons. The van der Waals surface area contributed by atoms with E-state index < -0.39 is 45.7 Å². The first kappa shape index (κ1) is 21.2. The molecule has 0 aliphatic carbocycles. The fourth-order valence-electron chi connectivity index (χ4n) is 2.37. The highest BCUT2D eigenvalue weighted by atomic mass is 32.3. The fraction of sp³-hybridized carbons (Fsp3) is 0.143. The number of sulfonamides is 2. The van der Waals surface area contributed by atoms with Crippen LogP contribution in [0.4, 0.5) is 37.7 Å². The number of alkyl halides is 6. The molecule has 0 saturated carbocycles. The van der Waals surface area contributed by atoms with Crippen LogP contribution >= 0.6 is 0 Å². The molecule has 0 N–H and O–H groups in total. The van der Waals surface area contributed by atoms with Crippen LogP contribution in [-0.2, 0) is 20.0 Å². The topological polar surface area (TPSA) is 68.3 Å². The van der Waals surface area contributed by atoms with Crippen LogP contribution in [0.1, 0.15) is 0 Å². The second-order valence-corrected chi connectivity index (χ2v) is 9.22. The maximum Gasteiger partial charge on any atom is 0.551 e. The summed E-state index contributed by atoms with van der Waals surface area (Å²) >= 11 is 0. The summed E-state index contributed by atoms with van der Waals surface area (Å²) in [5.74, 6) is 0. The molecule has 2 rings (SSSR count). The first-order chi connectivity index (χ1) is 12.2. The Labute approximate surface area is 150 Å². The number of benzene rings is 2. The van der Waals surface area contributed by atoms with Gasteiger partial charge in [-0.25, -0.2) is 0 Å². The zero-order valence-electron chi connectivity index (χ0n) is 12.9. The number of halogens is 6. The van der Waals surface area contributed by atoms with Gasteiger partial charge in [0, 0.05) is 24.3 Å². The minimum atomic E-state index is -7.02. The van der Waals surface area contributed by atoms with Gasteiger partial charge in [0.1, 0.15) is 0 Å². The highest BCUT2D eigenvalue weighted by Gasteiger charge is 2.76. The van der Waals surface area contributed by atoms with Crippen LogP contribution < -0.4 is 3.29 Å². The van der Waals surface area contributed by atoms with E-state index in [9.17, 15) is 43.2 Å². The molecule has 0 unspecified atom stereocenters. The Bertz CT molecular complexity index is 931. The highest BCUT2D eigenvalue weighted by Crippen LogP contribution is 2.51. The van der Waals surface area contributed by atoms with Gasteiger partial charge in [0.05, 0.1) is 0 Å². The lowest BCUT2D eigenvalue weighted by molar-refractivity contribution is -0.0512. The van der Waals surface area contributed by atoms with Crippen molar-refractivity contribution in [3.63, 3.8) is 0 Å². The average molecular weight is 434 g/mol. The maximum absolute atomic E-state index is 13.4. The molecule has 0 amide bonds. The number of hydrogen-bond donors (Lipinski definition) is 0. The minimum Gasteiger partial charge on any atom is -0.161 e. The van der Waals surface area contributed by atoms with Crippen molar-refractivity contribution < 1.29 is 43.2 Å². The third-order valence-electron chi connectivity index (χ3n) is 3.45. The molecule has 2 aromatic rings. The second-order valence-electron chi connectivity index (χ2n) is 5.06. The lowest BCUT2D eigenvalue weighted by Crippen LogP contribution is -2.62. The molecule has 0 aliphatic heterocycles. The number of para-hydroxylation sites is 2. The maximum atomic E-state index is 13.4. The van der Waals surface area contributed by atoms with Gasteiger partial charge >= 0.3 is 31.1 Å². The Hall–Kier alpha value is -2.12. The lowest BCUT2D eigenvalue weighted by Gasteiger charge is -2.34. The molecule has 2 aromatic carbocycles. The van der Waals surface area contributed by atoms with E-state index in [0.29, 0.717) is 24.3 Å². The van der Waals surface area contributed by atoms with Crippen molar-refractivity contribution in [3.8, 4) is 0 Å². The molecular formula is C14H10F6NO4S2+. The van der Waals surface area contributed by atoms with E-state index >= 15 is 0 Å². The van der Waals surface area contributed by atoms with E-state index in [-0.39, 0.29) is 0 Å². The first-order valence-electron chi connectivity index (χ1n) is 6.84. The normalized spacial score (nSPS) is 14.1. The average Bonchev–Trinajstić information content (AvgIpc) is 2.55. The fourth-order valence-corrected chi connectivity index (χ4v) is 6.09. The van der Waals surface area contributed by atoms with Crippen molar-refractivity contribution in [2.75, 3.05) is 0 Å². The summed E-state index contributed by atoms with van der Waals surface area (Å²) in [5, 5.41) is 0. The number of rotatable bonds is 4. The summed E-state index contributed by atoms with van der Waals surface area (Å²) in [6, 6.07) is 8.24. The predicted molar refractivity (Wildman–Crippen MR) is 84.3 cm³/mol. The van der Waals surface area contributed by atoms with Gasteiger partial charge in [-0.05, 0) is 3.29 Å². The Morgan fingerprint density at radius 2 is 0.815 bits per heavy atom. The zero-order valence-corrected chi connectivity index (χ0v) is 14.6. The smallest absolute Gasteiger partial charge is 0.161 e. The molecule has 13 heteroatoms. The van der Waals surface area contributed by atoms with Gasteiger partial charge in [-0.1, -0.05) is 36.4 Å². The van der Waals surface area contributed by atoms with Crippen LogP contribution in [0.2, 0.25) is 0 Å². The molecule has 148 valence electrons. The standard InChI is InChI=1S/C14H10F6NO4S2/c15-13(16,17)26(22,23)21(11-7-3-1-4-8-11,12-9-5-2-6-10-12)27(24,25)14(18,19)20/h1-10H/q+1. The van der Waals surface area contributed by atoms with Crippen molar-refractivity contribution in [3.05, 3.63) is 60.7 Å². The van der Waals surface area contributed by atoms with Crippen LogP contribution in [0.3, 0.4) is 0 Å². The Balaban J connectivity index is 3.22. The van der Waals surface area contributed by atoms with Crippen LogP contribution in [0, 0.1) is 0 Å². The third-order valence-corrected chi connectivity index (χ3v) is 8.00. The quantitative estimate of drug-likeness (QED) is 0.539. The zero-order chi connectivity index (χ0) is 20.7. The summed E-state index contributed by atoms with van der Waals surface area (Å²) in [5.41, 5.74) is -15.2. The van der Waals surface area contributed by atoms with Gasteiger partial charge in [-0.3, -0.25) is 0 Å². The molecule has 0 aliphatic rings. The first-order valence-corrected chi connectivity index (χ1v) is 9.72. The van der Waals surface area contributed by atoms with Gasteiger partial charge in [0.2, 0.25) is 0 Å². The van der Waals surface area contributed by atoms with Crippen molar-refractivity contribution >= 4 is 31.4 Å². The summed E-state index contributed by atoms with van der Waals surface area (Å²) in [6.45, 7) is 0. The Kier molecular flexibility index (Phi) is 5.09. The van der Waals surface area contributed by atoms with E-state index in [4.69, 9.17) is 0 Å². The van der Waals surface area contributed by atoms with Crippen LogP contribution in [-0.4, -0.2) is 27.9 Å². The molecule has 0 spiro atoms. The summed E-state index contributed by atoms with van der Waals surface area (Å²) in [7, 11) is -14.0. The van der Waals surface area contributed by atoms with Gasteiger partial charge in [0.25, 0.3) is 0 Å². The number of hydrogen-bond acceptors (Lipinski definition) is 4. The van der Waals surface area contributed by atoms with Gasteiger partial charge < -0.3 is 0 Å². The van der Waals surface area contributed by atoms with Gasteiger partial charge in [-0.15, -0.1) is 0 Å². The summed E-state index contributed by atoms with van der Waals surface area (Å²) in [6.07, 6.45) is 0. The van der Waals surface area contributed by atoms with Crippen molar-refractivity contribution in [2.24, 2.45) is 0 Å². The van der Waals surface area contributed by atoms with E-state index in [1.807, 2.05) is 0 Å². The monoisotopic (exact) mass is 434 g/mol. The molecule has 0 saturated heterocycles. The third kappa shape index (κ3) is 2.99. The number of quaternary nitrogens is 1. The molecule has 0 heterocycles. The lowest BCUT2D eigenvalue weighted by atomic mass is 10.3. The van der Waals surface area contributed by atoms with Gasteiger partial charge in [0.15, 0.2) is 11.4 Å². The predicted octanol–water partition coefficient (Wildman–Crippen LogP) is 4.02. The van der Waals surface area contributed by atoms with Crippen LogP contribution in [0.25, 0.3) is 0 Å². The molecule has 0 atom stereocenters. The summed E-state index contributed by atoms with van der Waals surface area (Å²) in [4.78, 5) is 0. The minimum absolute atomic E-state index is 0.555. The molecule has 0 bridgehead atoms. The largest absolute Gasteiger partial charge is 0.551 e. The molecule has 5 nitrogen and oxygen atoms in total. The Morgan fingerprint density at radius 3 is 1.04 bits per heavy atom. The van der Waals surface area contributed by atoms with Gasteiger partial charge in [-0.2, -0.15) is 43.2 Å². The molecule has 0 fully saturated rings. The number of nitrogens with zero attached hydrogens (tertiary/aromatic N) is 1. The van der Waals surface area contributed by atoms with Crippen LogP contribution in [0.5, 0.6) is 0 Å². The van der Waals surface area contributed by atoms with Crippen molar-refractivity contribution in [1.29, 1.82) is 0 Å². The summed E-state index contributed by atoms with van der Waals surface area (Å²) < 4.78 is 126. The molecular weight excluding hydrogens is 424 g/mol. The van der Waals surface area contributed by atoms with E-state index in [1.54, 1.807) is 0 Å². The highest BCUT2D eigenvalue weighted by molar-refractivity contribution is 8.08. The molecule has 27 heavy (non-hydrogen) atoms. The van der Waals surface area contributed by atoms with Crippen LogP contribution in [0.15, 0.2) is 60.7 Å². The SMILES string of the molecule is O=S(=O)(C(F)(F)F)[N+](c1ccccc1)(c1ccccc1)S(=O)(=O)C(F)(F)F. The van der Waals surface area contributed by atoms with E-state index in [1.165, 1.54) is 12.1 Å². The van der Waals surface area contributed by atoms with E-state index in [0.717, 1.165) is 24.3 Å². The molecule has 0 aromatic heterocycles. The second kappa shape index (κ2) is 6.49. The Morgan fingerprint density at radius 1 is 0.556 bits per heavy atom.